The summed E-state index contributed by atoms with van der Waals surface area (Å²) >= 11 is 0. The first kappa shape index (κ1) is 17.8. The summed E-state index contributed by atoms with van der Waals surface area (Å²) in [6.45, 7) is 4.92. The van der Waals surface area contributed by atoms with Gasteiger partial charge in [0, 0.05) is 37.3 Å². The minimum absolute atomic E-state index is 0.131. The van der Waals surface area contributed by atoms with Gasteiger partial charge in [0.25, 0.3) is 0 Å². The van der Waals surface area contributed by atoms with Gasteiger partial charge in [0.15, 0.2) is 5.78 Å². The molecule has 1 aromatic carbocycles. The summed E-state index contributed by atoms with van der Waals surface area (Å²) in [5.41, 5.74) is 3.65. The fourth-order valence-electron chi connectivity index (χ4n) is 3.42. The number of aryl methyl sites for hydroxylation is 1. The smallest absolute Gasteiger partial charge is 0.155 e. The number of Topliss-reactive ketones (excluding diaryl/α,β-unsaturated/α-hetero) is 1. The third-order valence-electron chi connectivity index (χ3n) is 5.09. The standard InChI is InChI=1S/C20H23N5O2/c1-14(25-5-7-27-8-6-25)20(26)11-18-10-16-9-15(3-4-19(16)23-22-18)17-12-21-24(2)13-17/h3-4,9-10,12-14H,5-8,11H2,1-2H3/t14-/m0/s1. The normalized spacial score (nSPS) is 16.5. The maximum atomic E-state index is 12.7. The molecule has 140 valence electrons. The highest BCUT2D eigenvalue weighted by Crippen LogP contribution is 2.23. The molecule has 27 heavy (non-hydrogen) atoms. The highest BCUT2D eigenvalue weighted by Gasteiger charge is 2.23. The van der Waals surface area contributed by atoms with Crippen LogP contribution in [0, 0.1) is 0 Å². The largest absolute Gasteiger partial charge is 0.379 e. The van der Waals surface area contributed by atoms with Gasteiger partial charge < -0.3 is 4.74 Å². The Morgan fingerprint density at radius 1 is 1.19 bits per heavy atom. The molecular weight excluding hydrogens is 342 g/mol. The minimum atomic E-state index is -0.131. The first-order valence-corrected chi connectivity index (χ1v) is 9.20. The quantitative estimate of drug-likeness (QED) is 0.687. The number of carbonyl (C=O) groups excluding carboxylic acids is 1. The van der Waals surface area contributed by atoms with E-state index in [1.807, 2.05) is 44.6 Å². The Balaban J connectivity index is 1.54. The van der Waals surface area contributed by atoms with Crippen LogP contribution < -0.4 is 0 Å². The van der Waals surface area contributed by atoms with Gasteiger partial charge in [-0.3, -0.25) is 14.4 Å². The van der Waals surface area contributed by atoms with E-state index < -0.39 is 0 Å². The number of fused-ring (bicyclic) bond motifs is 1. The van der Waals surface area contributed by atoms with Crippen LogP contribution in [0.2, 0.25) is 0 Å². The monoisotopic (exact) mass is 365 g/mol. The third kappa shape index (κ3) is 3.89. The Hall–Kier alpha value is -2.64. The van der Waals surface area contributed by atoms with Crippen molar-refractivity contribution >= 4 is 16.7 Å². The van der Waals surface area contributed by atoms with Crippen molar-refractivity contribution in [2.24, 2.45) is 7.05 Å². The fourth-order valence-corrected chi connectivity index (χ4v) is 3.42. The summed E-state index contributed by atoms with van der Waals surface area (Å²) in [5.74, 6) is 0.161. The number of morpholine rings is 1. The molecule has 7 heteroatoms. The topological polar surface area (TPSA) is 73.1 Å². The predicted octanol–water partition coefficient (Wildman–Crippen LogP) is 1.86. The molecule has 7 nitrogen and oxygen atoms in total. The van der Waals surface area contributed by atoms with Crippen molar-refractivity contribution in [3.63, 3.8) is 0 Å². The number of ether oxygens (including phenoxy) is 1. The Bertz CT molecular complexity index is 962. The lowest BCUT2D eigenvalue weighted by Gasteiger charge is -2.31. The van der Waals surface area contributed by atoms with E-state index in [-0.39, 0.29) is 11.8 Å². The summed E-state index contributed by atoms with van der Waals surface area (Å²) in [6.07, 6.45) is 4.10. The molecule has 3 aromatic rings. The van der Waals surface area contributed by atoms with Crippen molar-refractivity contribution in [2.75, 3.05) is 26.3 Å². The van der Waals surface area contributed by atoms with Crippen LogP contribution in [0.5, 0.6) is 0 Å². The molecule has 0 radical (unpaired) electrons. The Kier molecular flexibility index (Phi) is 4.96. The van der Waals surface area contributed by atoms with Crippen molar-refractivity contribution in [1.29, 1.82) is 0 Å². The summed E-state index contributed by atoms with van der Waals surface area (Å²) in [5, 5.41) is 13.7. The van der Waals surface area contributed by atoms with Gasteiger partial charge in [-0.1, -0.05) is 6.07 Å². The Morgan fingerprint density at radius 2 is 2.00 bits per heavy atom. The maximum Gasteiger partial charge on any atom is 0.155 e. The molecule has 0 N–H and O–H groups in total. The van der Waals surface area contributed by atoms with Crippen LogP contribution in [-0.2, 0) is 23.0 Å². The van der Waals surface area contributed by atoms with Crippen LogP contribution >= 0.6 is 0 Å². The number of carbonyl (C=O) groups is 1. The van der Waals surface area contributed by atoms with Crippen LogP contribution in [0.15, 0.2) is 36.7 Å². The van der Waals surface area contributed by atoms with Gasteiger partial charge >= 0.3 is 0 Å². The second-order valence-corrected chi connectivity index (χ2v) is 6.98. The van der Waals surface area contributed by atoms with E-state index in [1.54, 1.807) is 4.68 Å². The summed E-state index contributed by atoms with van der Waals surface area (Å²) in [4.78, 5) is 14.8. The first-order chi connectivity index (χ1) is 13.1. The van der Waals surface area contributed by atoms with E-state index in [0.717, 1.165) is 35.1 Å². The van der Waals surface area contributed by atoms with E-state index in [9.17, 15) is 4.79 Å². The molecule has 0 aliphatic carbocycles. The molecule has 3 heterocycles. The van der Waals surface area contributed by atoms with E-state index in [1.165, 1.54) is 0 Å². The number of hydrogen-bond acceptors (Lipinski definition) is 6. The molecule has 4 rings (SSSR count). The molecule has 1 fully saturated rings. The lowest BCUT2D eigenvalue weighted by molar-refractivity contribution is -0.124. The van der Waals surface area contributed by atoms with Crippen molar-refractivity contribution in [3.8, 4) is 11.1 Å². The average molecular weight is 365 g/mol. The number of nitrogens with zero attached hydrogens (tertiary/aromatic N) is 5. The van der Waals surface area contributed by atoms with Crippen LogP contribution in [0.3, 0.4) is 0 Å². The number of rotatable bonds is 5. The van der Waals surface area contributed by atoms with E-state index >= 15 is 0 Å². The van der Waals surface area contributed by atoms with Crippen LogP contribution in [0.1, 0.15) is 12.6 Å². The summed E-state index contributed by atoms with van der Waals surface area (Å²) in [6, 6.07) is 7.87. The van der Waals surface area contributed by atoms with Gasteiger partial charge in [-0.15, -0.1) is 0 Å². The first-order valence-electron chi connectivity index (χ1n) is 9.20. The van der Waals surface area contributed by atoms with Crippen LogP contribution in [-0.4, -0.2) is 63.0 Å². The zero-order valence-electron chi connectivity index (χ0n) is 15.6. The molecule has 1 aliphatic rings. The van der Waals surface area contributed by atoms with Gasteiger partial charge in [-0.05, 0) is 30.7 Å². The molecule has 1 aliphatic heterocycles. The van der Waals surface area contributed by atoms with Crippen molar-refractivity contribution in [2.45, 2.75) is 19.4 Å². The second-order valence-electron chi connectivity index (χ2n) is 6.98. The van der Waals surface area contributed by atoms with Crippen molar-refractivity contribution in [3.05, 3.63) is 42.4 Å². The molecular formula is C20H23N5O2. The molecule has 1 atom stereocenters. The van der Waals surface area contributed by atoms with Crippen LogP contribution in [0.25, 0.3) is 22.0 Å². The molecule has 0 saturated carbocycles. The Morgan fingerprint density at radius 3 is 2.74 bits per heavy atom. The number of ketones is 1. The lowest BCUT2D eigenvalue weighted by Crippen LogP contribution is -2.46. The maximum absolute atomic E-state index is 12.7. The molecule has 0 spiro atoms. The average Bonchev–Trinajstić information content (AvgIpc) is 3.14. The zero-order chi connectivity index (χ0) is 18.8. The second kappa shape index (κ2) is 7.54. The highest BCUT2D eigenvalue weighted by molar-refractivity contribution is 5.88. The Labute approximate surface area is 157 Å². The van der Waals surface area contributed by atoms with Gasteiger partial charge in [0.2, 0.25) is 0 Å². The predicted molar refractivity (Wildman–Crippen MR) is 102 cm³/mol. The van der Waals surface area contributed by atoms with Gasteiger partial charge in [0.05, 0.1) is 43.1 Å². The molecule has 1 saturated heterocycles. The highest BCUT2D eigenvalue weighted by atomic mass is 16.5. The number of benzene rings is 1. The molecule has 0 unspecified atom stereocenters. The van der Waals surface area contributed by atoms with E-state index in [0.29, 0.717) is 25.3 Å². The lowest BCUT2D eigenvalue weighted by atomic mass is 10.0. The number of aromatic nitrogens is 4. The van der Waals surface area contributed by atoms with Crippen molar-refractivity contribution in [1.82, 2.24) is 24.9 Å². The molecule has 2 aromatic heterocycles. The fraction of sp³-hybridized carbons (Fsp3) is 0.400. The minimum Gasteiger partial charge on any atom is -0.379 e. The molecule has 0 amide bonds. The third-order valence-corrected chi connectivity index (χ3v) is 5.09. The summed E-state index contributed by atoms with van der Waals surface area (Å²) < 4.78 is 7.14. The number of hydrogen-bond donors (Lipinski definition) is 0. The van der Waals surface area contributed by atoms with E-state index in [4.69, 9.17) is 4.74 Å². The SMILES string of the molecule is C[C@@H](C(=O)Cc1cc2cc(-c3cnn(C)c3)ccc2nn1)N1CCOCC1. The van der Waals surface area contributed by atoms with E-state index in [2.05, 4.69) is 26.3 Å². The zero-order valence-corrected chi connectivity index (χ0v) is 15.6. The van der Waals surface area contributed by atoms with Gasteiger partial charge in [-0.25, -0.2) is 0 Å². The van der Waals surface area contributed by atoms with Gasteiger partial charge in [0.1, 0.15) is 0 Å². The summed E-state index contributed by atoms with van der Waals surface area (Å²) in [7, 11) is 1.90. The van der Waals surface area contributed by atoms with Gasteiger partial charge in [-0.2, -0.15) is 15.3 Å². The van der Waals surface area contributed by atoms with Crippen molar-refractivity contribution < 1.29 is 9.53 Å². The van der Waals surface area contributed by atoms with Crippen LogP contribution in [0.4, 0.5) is 0 Å². The molecule has 0 bridgehead atoms.